The fourth-order valence-electron chi connectivity index (χ4n) is 7.16. The maximum Gasteiger partial charge on any atom is 0.238 e. The molecule has 2 saturated carbocycles. The highest BCUT2D eigenvalue weighted by molar-refractivity contribution is 6.32. The second-order valence-electron chi connectivity index (χ2n) is 13.5. The lowest BCUT2D eigenvalue weighted by Crippen LogP contribution is -2.74. The summed E-state index contributed by atoms with van der Waals surface area (Å²) in [5, 5.41) is 28.5. The fraction of sp³-hybridized carbons (Fsp3) is 0.455. The number of aromatic hydroxyl groups is 1. The smallest absolute Gasteiger partial charge is 0.238 e. The Kier molecular flexibility index (Phi) is 8.05. The van der Waals surface area contributed by atoms with Gasteiger partial charge < -0.3 is 26.6 Å². The number of hydrogen-bond acceptors (Lipinski definition) is 10. The average Bonchev–Trinajstić information content (AvgIpc) is 2.94. The molecule has 5 rings (SSSR count). The van der Waals surface area contributed by atoms with Gasteiger partial charge in [-0.2, -0.15) is 0 Å². The Balaban J connectivity index is 1.50. The van der Waals surface area contributed by atoms with E-state index in [2.05, 4.69) is 10.6 Å². The molecular formula is C33H38N4O8. The van der Waals surface area contributed by atoms with Crippen LogP contribution < -0.4 is 16.4 Å². The third-order valence-corrected chi connectivity index (χ3v) is 9.20. The predicted octanol–water partition coefficient (Wildman–Crippen LogP) is 0.861. The number of amides is 2. The normalized spacial score (nSPS) is 27.9. The second-order valence-corrected chi connectivity index (χ2v) is 13.5. The summed E-state index contributed by atoms with van der Waals surface area (Å²) in [6.45, 7) is 6.00. The van der Waals surface area contributed by atoms with Gasteiger partial charge in [0.15, 0.2) is 34.7 Å². The lowest BCUT2D eigenvalue weighted by atomic mass is 9.52. The molecule has 0 aromatic heterocycles. The summed E-state index contributed by atoms with van der Waals surface area (Å²) in [6.07, 6.45) is 0.110. The highest BCUT2D eigenvalue weighted by Crippen LogP contribution is 2.51. The van der Waals surface area contributed by atoms with E-state index >= 15 is 0 Å². The van der Waals surface area contributed by atoms with E-state index in [4.69, 9.17) is 5.73 Å². The fourth-order valence-corrected chi connectivity index (χ4v) is 7.16. The van der Waals surface area contributed by atoms with Crippen LogP contribution in [0.4, 0.5) is 5.69 Å². The molecule has 2 unspecified atom stereocenters. The zero-order valence-electron chi connectivity index (χ0n) is 25.8. The SMILES string of the molecule is CN(C)[C@H]1C(=O)C(C(N)=O)C(=O)[C@]2(O)C(=O)C3C(=O)c4c(O)ccc(-c5ccc(NC(=O)CNC(C)(C)C)cc5)c4C[C@@H]3C[C@H]12. The third-order valence-electron chi connectivity index (χ3n) is 9.20. The van der Waals surface area contributed by atoms with Crippen LogP contribution in [0.3, 0.4) is 0 Å². The quantitative estimate of drug-likeness (QED) is 0.290. The highest BCUT2D eigenvalue weighted by Gasteiger charge is 2.69. The van der Waals surface area contributed by atoms with Crippen LogP contribution in [0, 0.1) is 23.7 Å². The molecule has 0 spiro atoms. The molecule has 6 atom stereocenters. The number of Topliss-reactive ketones (excluding diaryl/α,β-unsaturated/α-hetero) is 4. The molecule has 45 heavy (non-hydrogen) atoms. The molecule has 2 aromatic carbocycles. The van der Waals surface area contributed by atoms with Crippen LogP contribution in [0.2, 0.25) is 0 Å². The minimum atomic E-state index is -2.77. The van der Waals surface area contributed by atoms with Gasteiger partial charge in [0.2, 0.25) is 11.8 Å². The molecule has 6 N–H and O–H groups in total. The first-order valence-corrected chi connectivity index (χ1v) is 14.8. The van der Waals surface area contributed by atoms with Crippen molar-refractivity contribution in [1.29, 1.82) is 0 Å². The van der Waals surface area contributed by atoms with Crippen LogP contribution in [0.1, 0.15) is 43.1 Å². The Morgan fingerprint density at radius 3 is 2.24 bits per heavy atom. The van der Waals surface area contributed by atoms with Crippen molar-refractivity contribution < 1.29 is 39.0 Å². The number of nitrogens with zero attached hydrogens (tertiary/aromatic N) is 1. The van der Waals surface area contributed by atoms with Gasteiger partial charge in [-0.05, 0) is 88.5 Å². The number of phenols is 1. The van der Waals surface area contributed by atoms with Crippen LogP contribution >= 0.6 is 0 Å². The number of carbonyl (C=O) groups is 6. The predicted molar refractivity (Wildman–Crippen MR) is 163 cm³/mol. The molecule has 0 heterocycles. The molecule has 0 aliphatic heterocycles. The number of primary amides is 1. The molecule has 3 aliphatic carbocycles. The van der Waals surface area contributed by atoms with Gasteiger partial charge >= 0.3 is 0 Å². The van der Waals surface area contributed by atoms with Crippen molar-refractivity contribution in [3.63, 3.8) is 0 Å². The van der Waals surface area contributed by atoms with Crippen molar-refractivity contribution in [1.82, 2.24) is 10.2 Å². The van der Waals surface area contributed by atoms with E-state index in [0.717, 1.165) is 0 Å². The molecule has 0 saturated heterocycles. The summed E-state index contributed by atoms with van der Waals surface area (Å²) >= 11 is 0. The minimum Gasteiger partial charge on any atom is -0.507 e. The van der Waals surface area contributed by atoms with E-state index in [1.165, 1.54) is 25.1 Å². The van der Waals surface area contributed by atoms with Gasteiger partial charge in [0.25, 0.3) is 0 Å². The number of nitrogens with two attached hydrogens (primary N) is 1. The summed E-state index contributed by atoms with van der Waals surface area (Å²) in [7, 11) is 3.08. The van der Waals surface area contributed by atoms with Crippen LogP contribution in [-0.4, -0.2) is 87.9 Å². The van der Waals surface area contributed by atoms with Gasteiger partial charge in [0.05, 0.1) is 24.1 Å². The Bertz CT molecular complexity index is 1630. The molecule has 12 nitrogen and oxygen atoms in total. The molecule has 238 valence electrons. The maximum atomic E-state index is 14.0. The van der Waals surface area contributed by atoms with E-state index in [1.54, 1.807) is 30.3 Å². The number of carbonyl (C=O) groups excluding carboxylic acids is 6. The maximum absolute atomic E-state index is 14.0. The van der Waals surface area contributed by atoms with E-state index in [9.17, 15) is 39.0 Å². The minimum absolute atomic E-state index is 0.0352. The number of benzene rings is 2. The lowest BCUT2D eigenvalue weighted by Gasteiger charge is -2.52. The summed E-state index contributed by atoms with van der Waals surface area (Å²) < 4.78 is 0. The summed E-state index contributed by atoms with van der Waals surface area (Å²) in [6, 6.07) is 8.82. The number of hydrogen-bond donors (Lipinski definition) is 5. The van der Waals surface area contributed by atoms with E-state index < -0.39 is 64.4 Å². The first-order chi connectivity index (χ1) is 21.0. The largest absolute Gasteiger partial charge is 0.507 e. The number of fused-ring (bicyclic) bond motifs is 3. The lowest BCUT2D eigenvalue weighted by molar-refractivity contribution is -0.181. The number of ketones is 4. The summed E-state index contributed by atoms with van der Waals surface area (Å²) in [4.78, 5) is 80.6. The van der Waals surface area contributed by atoms with Gasteiger partial charge in [-0.3, -0.25) is 33.7 Å². The van der Waals surface area contributed by atoms with Crippen molar-refractivity contribution in [3.05, 3.63) is 47.5 Å². The monoisotopic (exact) mass is 618 g/mol. The van der Waals surface area contributed by atoms with Gasteiger partial charge in [-0.1, -0.05) is 18.2 Å². The Morgan fingerprint density at radius 1 is 1.02 bits per heavy atom. The third kappa shape index (κ3) is 5.36. The average molecular weight is 619 g/mol. The number of likely N-dealkylation sites (N-methyl/N-ethyl adjacent to an activating group) is 1. The van der Waals surface area contributed by atoms with Gasteiger partial charge in [0, 0.05) is 17.1 Å². The van der Waals surface area contributed by atoms with Crippen molar-refractivity contribution >= 4 is 40.6 Å². The molecule has 3 aliphatic rings. The molecule has 2 amide bonds. The first kappa shape index (κ1) is 32.1. The van der Waals surface area contributed by atoms with E-state index in [0.29, 0.717) is 22.4 Å². The molecule has 0 bridgehead atoms. The van der Waals surface area contributed by atoms with Crippen LogP contribution in [0.5, 0.6) is 5.75 Å². The molecule has 2 fully saturated rings. The standard InChI is InChI=1S/C33H38N4O8/c1-32(2,3)35-14-22(39)36-17-8-6-15(7-9-17)18-10-11-21(38)24-19(18)12-16-13-20-26(37(4)5)28(41)25(31(34)44)30(43)33(20,45)29(42)23(16)27(24)40/h6-11,16,20,23,25-26,35,38,45H,12-14H2,1-5H3,(H2,34,44)(H,36,39)/t16-,20-,23?,25?,26-,33-/m1/s1. The number of nitrogens with one attached hydrogen (secondary N) is 2. The topological polar surface area (TPSA) is 196 Å². The van der Waals surface area contributed by atoms with Crippen LogP contribution in [-0.2, 0) is 30.4 Å². The number of aliphatic hydroxyl groups is 1. The number of phenolic OH excluding ortho intramolecular Hbond substituents is 1. The number of anilines is 1. The van der Waals surface area contributed by atoms with Crippen molar-refractivity contribution in [3.8, 4) is 16.9 Å². The van der Waals surface area contributed by atoms with Gasteiger partial charge in [-0.25, -0.2) is 0 Å². The second kappa shape index (κ2) is 11.3. The molecular weight excluding hydrogens is 580 g/mol. The Hall–Kier alpha value is -4.26. The number of rotatable bonds is 6. The first-order valence-electron chi connectivity index (χ1n) is 14.8. The zero-order chi connectivity index (χ0) is 33.2. The van der Waals surface area contributed by atoms with E-state index in [-0.39, 0.29) is 42.1 Å². The van der Waals surface area contributed by atoms with Crippen LogP contribution in [0.25, 0.3) is 11.1 Å². The van der Waals surface area contributed by atoms with E-state index in [1.807, 2.05) is 20.8 Å². The van der Waals surface area contributed by atoms with Crippen molar-refractivity contribution in [2.75, 3.05) is 26.0 Å². The van der Waals surface area contributed by atoms with Gasteiger partial charge in [-0.15, -0.1) is 0 Å². The van der Waals surface area contributed by atoms with Crippen molar-refractivity contribution in [2.24, 2.45) is 29.4 Å². The van der Waals surface area contributed by atoms with Crippen molar-refractivity contribution in [2.45, 2.75) is 50.8 Å². The Morgan fingerprint density at radius 2 is 1.67 bits per heavy atom. The molecule has 12 heteroatoms. The van der Waals surface area contributed by atoms with Gasteiger partial charge in [0.1, 0.15) is 5.75 Å². The summed E-state index contributed by atoms with van der Waals surface area (Å²) in [5.41, 5.74) is 4.68. The molecule has 2 aromatic rings. The molecule has 0 radical (unpaired) electrons. The zero-order valence-corrected chi connectivity index (χ0v) is 25.8. The highest BCUT2D eigenvalue weighted by atomic mass is 16.3. The summed E-state index contributed by atoms with van der Waals surface area (Å²) in [5.74, 6) is -11.1. The van der Waals surface area contributed by atoms with Crippen LogP contribution in [0.15, 0.2) is 36.4 Å². The Labute approximate surface area is 260 Å².